The molecule has 4 nitrogen and oxygen atoms in total. The summed E-state index contributed by atoms with van der Waals surface area (Å²) >= 11 is 1.06. The summed E-state index contributed by atoms with van der Waals surface area (Å²) in [6, 6.07) is 14.3. The Kier molecular flexibility index (Phi) is 5.93. The zero-order valence-electron chi connectivity index (χ0n) is 14.5. The SMILES string of the molecule is C[C@@H](OC(=O)CSc1ccccc1F)C(=O)N1CCc2ccccc2C1. The van der Waals surface area contributed by atoms with Gasteiger partial charge < -0.3 is 9.64 Å². The first-order valence-electron chi connectivity index (χ1n) is 8.47. The van der Waals surface area contributed by atoms with Gasteiger partial charge >= 0.3 is 5.97 Å². The molecule has 0 unspecified atom stereocenters. The van der Waals surface area contributed by atoms with Crippen molar-refractivity contribution in [2.45, 2.75) is 30.9 Å². The number of hydrogen-bond acceptors (Lipinski definition) is 4. The van der Waals surface area contributed by atoms with Gasteiger partial charge in [0.1, 0.15) is 5.82 Å². The van der Waals surface area contributed by atoms with Crippen molar-refractivity contribution in [3.05, 3.63) is 65.5 Å². The van der Waals surface area contributed by atoms with Gasteiger partial charge in [0.2, 0.25) is 0 Å². The van der Waals surface area contributed by atoms with Gasteiger partial charge in [-0.15, -0.1) is 11.8 Å². The van der Waals surface area contributed by atoms with Crippen LogP contribution in [0, 0.1) is 5.82 Å². The lowest BCUT2D eigenvalue weighted by atomic mass is 9.99. The topological polar surface area (TPSA) is 46.6 Å². The van der Waals surface area contributed by atoms with E-state index in [1.165, 1.54) is 11.6 Å². The molecule has 136 valence electrons. The van der Waals surface area contributed by atoms with Crippen molar-refractivity contribution in [3.63, 3.8) is 0 Å². The number of nitrogens with zero attached hydrogens (tertiary/aromatic N) is 1. The number of amides is 1. The Bertz CT molecular complexity index is 811. The molecule has 2 aromatic carbocycles. The molecule has 0 aromatic heterocycles. The van der Waals surface area contributed by atoms with Crippen LogP contribution < -0.4 is 0 Å². The summed E-state index contributed by atoms with van der Waals surface area (Å²) in [4.78, 5) is 26.6. The first-order chi connectivity index (χ1) is 12.5. The average Bonchev–Trinajstić information content (AvgIpc) is 2.66. The molecule has 26 heavy (non-hydrogen) atoms. The fourth-order valence-corrected chi connectivity index (χ4v) is 3.64. The molecular weight excluding hydrogens is 353 g/mol. The minimum atomic E-state index is -0.853. The second-order valence-corrected chi connectivity index (χ2v) is 7.15. The van der Waals surface area contributed by atoms with E-state index in [1.54, 1.807) is 30.0 Å². The lowest BCUT2D eigenvalue weighted by Gasteiger charge is -2.30. The fourth-order valence-electron chi connectivity index (χ4n) is 2.92. The third-order valence-corrected chi connectivity index (χ3v) is 5.30. The summed E-state index contributed by atoms with van der Waals surface area (Å²) in [6.07, 6.45) is -0.0555. The maximum atomic E-state index is 13.6. The van der Waals surface area contributed by atoms with Gasteiger partial charge in [0, 0.05) is 18.0 Å². The number of esters is 1. The smallest absolute Gasteiger partial charge is 0.317 e. The standard InChI is InChI=1S/C20H20FNO3S/c1-14(25-19(23)13-26-18-9-5-4-8-17(18)21)20(24)22-11-10-15-6-2-3-7-16(15)12-22/h2-9,14H,10-13H2,1H3/t14-/m1/s1. The summed E-state index contributed by atoms with van der Waals surface area (Å²) in [6.45, 7) is 2.72. The molecule has 6 heteroatoms. The number of fused-ring (bicyclic) bond motifs is 1. The third-order valence-electron chi connectivity index (χ3n) is 4.28. The van der Waals surface area contributed by atoms with E-state index in [9.17, 15) is 14.0 Å². The molecular formula is C20H20FNO3S. The van der Waals surface area contributed by atoms with Crippen LogP contribution in [-0.4, -0.2) is 35.2 Å². The van der Waals surface area contributed by atoms with Crippen molar-refractivity contribution < 1.29 is 18.7 Å². The molecule has 1 aliphatic rings. The first kappa shape index (κ1) is 18.5. The van der Waals surface area contributed by atoms with Gasteiger partial charge in [-0.05, 0) is 36.6 Å². The number of ether oxygens (including phenoxy) is 1. The molecule has 0 saturated carbocycles. The highest BCUT2D eigenvalue weighted by Gasteiger charge is 2.26. The number of carbonyl (C=O) groups is 2. The highest BCUT2D eigenvalue weighted by atomic mass is 32.2. The molecule has 0 saturated heterocycles. The summed E-state index contributed by atoms with van der Waals surface area (Å²) in [7, 11) is 0. The Morgan fingerprint density at radius 3 is 2.62 bits per heavy atom. The van der Waals surface area contributed by atoms with Crippen molar-refractivity contribution in [1.29, 1.82) is 0 Å². The van der Waals surface area contributed by atoms with Gasteiger partial charge in [0.15, 0.2) is 6.10 Å². The molecule has 0 spiro atoms. The van der Waals surface area contributed by atoms with E-state index in [4.69, 9.17) is 4.74 Å². The zero-order valence-corrected chi connectivity index (χ0v) is 15.3. The van der Waals surface area contributed by atoms with Gasteiger partial charge in [0.05, 0.1) is 5.75 Å². The van der Waals surface area contributed by atoms with Crippen LogP contribution in [0.1, 0.15) is 18.1 Å². The highest BCUT2D eigenvalue weighted by molar-refractivity contribution is 8.00. The highest BCUT2D eigenvalue weighted by Crippen LogP contribution is 2.22. The van der Waals surface area contributed by atoms with Gasteiger partial charge in [0.25, 0.3) is 5.91 Å². The van der Waals surface area contributed by atoms with Crippen molar-refractivity contribution in [3.8, 4) is 0 Å². The largest absolute Gasteiger partial charge is 0.452 e. The van der Waals surface area contributed by atoms with E-state index in [-0.39, 0.29) is 17.5 Å². The Morgan fingerprint density at radius 2 is 1.85 bits per heavy atom. The number of rotatable bonds is 5. The van der Waals surface area contributed by atoms with Crippen LogP contribution in [0.15, 0.2) is 53.4 Å². The summed E-state index contributed by atoms with van der Waals surface area (Å²) in [5.74, 6) is -1.15. The molecule has 1 atom stereocenters. The minimum Gasteiger partial charge on any atom is -0.452 e. The maximum absolute atomic E-state index is 13.6. The molecule has 0 aliphatic carbocycles. The summed E-state index contributed by atoms with van der Waals surface area (Å²) in [5.41, 5.74) is 2.38. The van der Waals surface area contributed by atoms with Crippen LogP contribution in [0.3, 0.4) is 0 Å². The number of benzene rings is 2. The number of halogens is 1. The molecule has 0 bridgehead atoms. The van der Waals surface area contributed by atoms with Crippen LogP contribution >= 0.6 is 11.8 Å². The Balaban J connectivity index is 1.51. The molecule has 1 heterocycles. The zero-order chi connectivity index (χ0) is 18.5. The lowest BCUT2D eigenvalue weighted by molar-refractivity contribution is -0.157. The third kappa shape index (κ3) is 4.43. The maximum Gasteiger partial charge on any atom is 0.317 e. The van der Waals surface area contributed by atoms with E-state index in [1.807, 2.05) is 18.2 Å². The number of hydrogen-bond donors (Lipinski definition) is 0. The molecule has 1 amide bonds. The van der Waals surface area contributed by atoms with Crippen molar-refractivity contribution >= 4 is 23.6 Å². The Labute approximate surface area is 156 Å². The van der Waals surface area contributed by atoms with Crippen molar-refractivity contribution in [1.82, 2.24) is 4.90 Å². The number of carbonyl (C=O) groups excluding carboxylic acids is 2. The van der Waals surface area contributed by atoms with Gasteiger partial charge in [-0.2, -0.15) is 0 Å². The van der Waals surface area contributed by atoms with Crippen molar-refractivity contribution in [2.75, 3.05) is 12.3 Å². The van der Waals surface area contributed by atoms with Gasteiger partial charge in [-0.25, -0.2) is 4.39 Å². The molecule has 1 aliphatic heterocycles. The van der Waals surface area contributed by atoms with Crippen LogP contribution in [0.2, 0.25) is 0 Å². The van der Waals surface area contributed by atoms with E-state index >= 15 is 0 Å². The number of thioether (sulfide) groups is 1. The lowest BCUT2D eigenvalue weighted by Crippen LogP contribution is -2.42. The second kappa shape index (κ2) is 8.36. The predicted octanol–water partition coefficient (Wildman–Crippen LogP) is 3.43. The monoisotopic (exact) mass is 373 g/mol. The van der Waals surface area contributed by atoms with Crippen LogP contribution in [-0.2, 0) is 27.3 Å². The quantitative estimate of drug-likeness (QED) is 0.595. The molecule has 0 N–H and O–H groups in total. The van der Waals surface area contributed by atoms with E-state index < -0.39 is 12.1 Å². The Morgan fingerprint density at radius 1 is 1.15 bits per heavy atom. The summed E-state index contributed by atoms with van der Waals surface area (Å²) in [5, 5.41) is 0. The van der Waals surface area contributed by atoms with E-state index in [0.717, 1.165) is 23.7 Å². The molecule has 0 radical (unpaired) electrons. The summed E-state index contributed by atoms with van der Waals surface area (Å²) < 4.78 is 18.8. The predicted molar refractivity (Wildman–Crippen MR) is 98.2 cm³/mol. The molecule has 3 rings (SSSR count). The Hall–Kier alpha value is -2.34. The minimum absolute atomic E-state index is 0.0403. The fraction of sp³-hybridized carbons (Fsp3) is 0.300. The second-order valence-electron chi connectivity index (χ2n) is 6.13. The van der Waals surface area contributed by atoms with Crippen LogP contribution in [0.5, 0.6) is 0 Å². The molecule has 2 aromatic rings. The normalized spacial score (nSPS) is 14.5. The van der Waals surface area contributed by atoms with Gasteiger partial charge in [-0.1, -0.05) is 36.4 Å². The van der Waals surface area contributed by atoms with E-state index in [2.05, 4.69) is 6.07 Å². The average molecular weight is 373 g/mol. The first-order valence-corrected chi connectivity index (χ1v) is 9.45. The van der Waals surface area contributed by atoms with Gasteiger partial charge in [-0.3, -0.25) is 9.59 Å². The van der Waals surface area contributed by atoms with E-state index in [0.29, 0.717) is 18.0 Å². The van der Waals surface area contributed by atoms with Crippen LogP contribution in [0.25, 0.3) is 0 Å². The molecule has 0 fully saturated rings. The van der Waals surface area contributed by atoms with Crippen LogP contribution in [0.4, 0.5) is 4.39 Å². The van der Waals surface area contributed by atoms with Crippen molar-refractivity contribution in [2.24, 2.45) is 0 Å².